The van der Waals surface area contributed by atoms with Crippen molar-refractivity contribution in [1.82, 2.24) is 15.5 Å². The van der Waals surface area contributed by atoms with Crippen molar-refractivity contribution >= 4 is 29.9 Å². The molecule has 1 aliphatic heterocycles. The third-order valence-electron chi connectivity index (χ3n) is 4.83. The lowest BCUT2D eigenvalue weighted by atomic mass is 10.1. The van der Waals surface area contributed by atoms with Gasteiger partial charge in [0, 0.05) is 39.3 Å². The predicted octanol–water partition coefficient (Wildman–Crippen LogP) is 3.29. The van der Waals surface area contributed by atoms with Crippen molar-refractivity contribution in [3.8, 4) is 0 Å². The third kappa shape index (κ3) is 10.3. The number of nitrogens with one attached hydrogen (secondary N) is 2. The molecule has 1 aliphatic rings. The van der Waals surface area contributed by atoms with Crippen LogP contribution in [0.25, 0.3) is 0 Å². The minimum atomic E-state index is 0. The summed E-state index contributed by atoms with van der Waals surface area (Å²) >= 11 is 0. The second kappa shape index (κ2) is 15.1. The number of rotatable bonds is 10. The molecule has 2 N–H and O–H groups in total. The van der Waals surface area contributed by atoms with Gasteiger partial charge in [0.2, 0.25) is 0 Å². The number of aliphatic imine (C=N–C) groups is 1. The molecule has 0 spiro atoms. The molecule has 0 aliphatic carbocycles. The van der Waals surface area contributed by atoms with Gasteiger partial charge >= 0.3 is 0 Å². The number of piperidine rings is 1. The standard InChI is InChI=1S/C21H36N4O.HI/c1-3-14-25-15-10-20(11-16-25)24-21(22-2)23-13-7-17-26-18-12-19-8-5-4-6-9-19;/h4-6,8-9,20H,3,7,10-18H2,1-2H3,(H2,22,23,24);1H. The number of hydrogen-bond acceptors (Lipinski definition) is 3. The van der Waals surface area contributed by atoms with Crippen LogP contribution in [0.3, 0.4) is 0 Å². The highest BCUT2D eigenvalue weighted by Crippen LogP contribution is 2.10. The predicted molar refractivity (Wildman–Crippen MR) is 125 cm³/mol. The molecule has 0 aromatic heterocycles. The van der Waals surface area contributed by atoms with E-state index in [-0.39, 0.29) is 24.0 Å². The zero-order chi connectivity index (χ0) is 18.5. The summed E-state index contributed by atoms with van der Waals surface area (Å²) in [5, 5.41) is 6.97. The molecule has 2 rings (SSSR count). The van der Waals surface area contributed by atoms with Crippen LogP contribution in [-0.4, -0.2) is 63.3 Å². The summed E-state index contributed by atoms with van der Waals surface area (Å²) in [4.78, 5) is 6.91. The van der Waals surface area contributed by atoms with Crippen LogP contribution in [0.4, 0.5) is 0 Å². The first-order valence-electron chi connectivity index (χ1n) is 10.1. The summed E-state index contributed by atoms with van der Waals surface area (Å²) in [5.74, 6) is 0.920. The van der Waals surface area contributed by atoms with Crippen molar-refractivity contribution in [2.75, 3.05) is 46.4 Å². The van der Waals surface area contributed by atoms with Crippen molar-refractivity contribution in [2.24, 2.45) is 4.99 Å². The minimum absolute atomic E-state index is 0. The van der Waals surface area contributed by atoms with E-state index in [1.165, 1.54) is 44.5 Å². The quantitative estimate of drug-likeness (QED) is 0.230. The Morgan fingerprint density at radius 1 is 1.19 bits per heavy atom. The Morgan fingerprint density at radius 2 is 1.93 bits per heavy atom. The molecule has 27 heavy (non-hydrogen) atoms. The topological polar surface area (TPSA) is 48.9 Å². The highest BCUT2D eigenvalue weighted by molar-refractivity contribution is 14.0. The Bertz CT molecular complexity index is 504. The summed E-state index contributed by atoms with van der Waals surface area (Å²) < 4.78 is 5.73. The van der Waals surface area contributed by atoms with Gasteiger partial charge in [-0.2, -0.15) is 0 Å². The van der Waals surface area contributed by atoms with E-state index in [0.29, 0.717) is 6.04 Å². The van der Waals surface area contributed by atoms with E-state index in [9.17, 15) is 0 Å². The zero-order valence-electron chi connectivity index (χ0n) is 17.0. The molecule has 1 heterocycles. The van der Waals surface area contributed by atoms with E-state index < -0.39 is 0 Å². The smallest absolute Gasteiger partial charge is 0.191 e. The normalized spacial score (nSPS) is 16.0. The average molecular weight is 488 g/mol. The van der Waals surface area contributed by atoms with E-state index >= 15 is 0 Å². The van der Waals surface area contributed by atoms with Crippen molar-refractivity contribution in [3.63, 3.8) is 0 Å². The summed E-state index contributed by atoms with van der Waals surface area (Å²) in [5.41, 5.74) is 1.33. The van der Waals surface area contributed by atoms with Crippen LogP contribution >= 0.6 is 24.0 Å². The first kappa shape index (κ1) is 24.2. The summed E-state index contributed by atoms with van der Waals surface area (Å²) in [6.45, 7) is 8.32. The molecule has 1 aromatic carbocycles. The number of halogens is 1. The largest absolute Gasteiger partial charge is 0.381 e. The number of nitrogens with zero attached hydrogens (tertiary/aromatic N) is 2. The Kier molecular flexibility index (Phi) is 13.5. The molecule has 154 valence electrons. The molecule has 6 heteroatoms. The van der Waals surface area contributed by atoms with Gasteiger partial charge in [-0.1, -0.05) is 37.3 Å². The highest BCUT2D eigenvalue weighted by Gasteiger charge is 2.19. The molecule has 0 unspecified atom stereocenters. The maximum absolute atomic E-state index is 5.73. The van der Waals surface area contributed by atoms with Gasteiger partial charge in [0.15, 0.2) is 5.96 Å². The van der Waals surface area contributed by atoms with Gasteiger partial charge in [-0.05, 0) is 44.2 Å². The second-order valence-electron chi connectivity index (χ2n) is 6.96. The Hall–Kier alpha value is -0.860. The SMILES string of the molecule is CCCN1CCC(NC(=NC)NCCCOCCc2ccccc2)CC1.I. The molecule has 0 amide bonds. The number of hydrogen-bond donors (Lipinski definition) is 2. The fourth-order valence-corrected chi connectivity index (χ4v) is 3.32. The van der Waals surface area contributed by atoms with Crippen LogP contribution in [0.2, 0.25) is 0 Å². The molecule has 0 bridgehead atoms. The van der Waals surface area contributed by atoms with Crippen LogP contribution in [0.15, 0.2) is 35.3 Å². The van der Waals surface area contributed by atoms with Crippen LogP contribution in [0.1, 0.15) is 38.2 Å². The first-order chi connectivity index (χ1) is 12.8. The highest BCUT2D eigenvalue weighted by atomic mass is 127. The number of ether oxygens (including phenoxy) is 1. The minimum Gasteiger partial charge on any atom is -0.381 e. The van der Waals surface area contributed by atoms with E-state index in [4.69, 9.17) is 4.74 Å². The molecular weight excluding hydrogens is 451 g/mol. The van der Waals surface area contributed by atoms with Gasteiger partial charge < -0.3 is 20.3 Å². The van der Waals surface area contributed by atoms with Crippen LogP contribution in [0.5, 0.6) is 0 Å². The van der Waals surface area contributed by atoms with Gasteiger partial charge in [-0.15, -0.1) is 24.0 Å². The van der Waals surface area contributed by atoms with E-state index in [0.717, 1.165) is 38.6 Å². The van der Waals surface area contributed by atoms with E-state index in [2.05, 4.69) is 51.7 Å². The van der Waals surface area contributed by atoms with Crippen molar-refractivity contribution in [3.05, 3.63) is 35.9 Å². The maximum Gasteiger partial charge on any atom is 0.191 e. The third-order valence-corrected chi connectivity index (χ3v) is 4.83. The Labute approximate surface area is 182 Å². The molecule has 0 atom stereocenters. The average Bonchev–Trinajstić information content (AvgIpc) is 2.68. The lowest BCUT2D eigenvalue weighted by Gasteiger charge is -2.32. The molecule has 5 nitrogen and oxygen atoms in total. The van der Waals surface area contributed by atoms with Gasteiger partial charge in [0.05, 0.1) is 6.61 Å². The summed E-state index contributed by atoms with van der Waals surface area (Å²) in [7, 11) is 1.85. The fourth-order valence-electron chi connectivity index (χ4n) is 3.32. The molecule has 1 fully saturated rings. The Balaban J connectivity index is 0.00000364. The van der Waals surface area contributed by atoms with Crippen molar-refractivity contribution < 1.29 is 4.74 Å². The lowest BCUT2D eigenvalue weighted by Crippen LogP contribution is -2.49. The summed E-state index contributed by atoms with van der Waals surface area (Å²) in [6, 6.07) is 11.0. The van der Waals surface area contributed by atoms with Gasteiger partial charge in [-0.3, -0.25) is 4.99 Å². The van der Waals surface area contributed by atoms with Gasteiger partial charge in [-0.25, -0.2) is 0 Å². The lowest BCUT2D eigenvalue weighted by molar-refractivity contribution is 0.135. The monoisotopic (exact) mass is 488 g/mol. The number of likely N-dealkylation sites (tertiary alicyclic amines) is 1. The molecule has 0 saturated carbocycles. The number of benzene rings is 1. The second-order valence-corrected chi connectivity index (χ2v) is 6.96. The van der Waals surface area contributed by atoms with Gasteiger partial charge in [0.1, 0.15) is 0 Å². The van der Waals surface area contributed by atoms with Crippen LogP contribution < -0.4 is 10.6 Å². The van der Waals surface area contributed by atoms with Crippen molar-refractivity contribution in [1.29, 1.82) is 0 Å². The molecule has 0 radical (unpaired) electrons. The zero-order valence-corrected chi connectivity index (χ0v) is 19.3. The maximum atomic E-state index is 5.73. The van der Waals surface area contributed by atoms with Gasteiger partial charge in [0.25, 0.3) is 0 Å². The van der Waals surface area contributed by atoms with Crippen LogP contribution in [0, 0.1) is 0 Å². The number of guanidine groups is 1. The molecular formula is C21H37IN4O. The summed E-state index contributed by atoms with van der Waals surface area (Å²) in [6.07, 6.45) is 5.61. The molecule has 1 saturated heterocycles. The Morgan fingerprint density at radius 3 is 2.59 bits per heavy atom. The van der Waals surface area contributed by atoms with E-state index in [1.54, 1.807) is 0 Å². The molecule has 1 aromatic rings. The van der Waals surface area contributed by atoms with E-state index in [1.807, 2.05) is 13.1 Å². The fraction of sp³-hybridized carbons (Fsp3) is 0.667. The first-order valence-corrected chi connectivity index (χ1v) is 10.1. The van der Waals surface area contributed by atoms with Crippen molar-refractivity contribution in [2.45, 2.75) is 45.1 Å². The van der Waals surface area contributed by atoms with Crippen LogP contribution in [-0.2, 0) is 11.2 Å².